The highest BCUT2D eigenvalue weighted by Crippen LogP contribution is 2.51. The first-order valence-corrected chi connectivity index (χ1v) is 13.2. The molecule has 0 unspecified atom stereocenters. The largest absolute Gasteiger partial charge is 0.497 e. The van der Waals surface area contributed by atoms with E-state index in [2.05, 4.69) is 20.1 Å². The Morgan fingerprint density at radius 3 is 2.42 bits per heavy atom. The number of hydrogen-bond donors (Lipinski definition) is 0. The summed E-state index contributed by atoms with van der Waals surface area (Å²) in [5, 5.41) is 8.63. The van der Waals surface area contributed by atoms with Crippen molar-refractivity contribution in [2.75, 3.05) is 26.7 Å². The molecule has 4 aromatic rings. The van der Waals surface area contributed by atoms with E-state index >= 15 is 0 Å². The Labute approximate surface area is 229 Å². The predicted molar refractivity (Wildman–Crippen MR) is 141 cm³/mol. The molecule has 6 rings (SSSR count). The normalized spacial score (nSPS) is 19.3. The number of hydrogen-bond acceptors (Lipinski definition) is 6. The minimum Gasteiger partial charge on any atom is -0.497 e. The lowest BCUT2D eigenvalue weighted by Crippen LogP contribution is -2.56. The summed E-state index contributed by atoms with van der Waals surface area (Å²) >= 11 is 0. The van der Waals surface area contributed by atoms with Crippen LogP contribution in [0.2, 0.25) is 0 Å². The molecule has 1 aliphatic carbocycles. The number of amides is 1. The number of aromatic nitrogens is 5. The Morgan fingerprint density at radius 1 is 1.12 bits per heavy atom. The van der Waals surface area contributed by atoms with Gasteiger partial charge in [0, 0.05) is 50.0 Å². The molecule has 2 aliphatic rings. The van der Waals surface area contributed by atoms with E-state index in [0.29, 0.717) is 30.9 Å². The molecule has 1 amide bonds. The molecule has 1 aromatic carbocycles. The number of alkyl halides is 3. The summed E-state index contributed by atoms with van der Waals surface area (Å²) in [6.07, 6.45) is 0.453. The van der Waals surface area contributed by atoms with Crippen molar-refractivity contribution < 1.29 is 22.7 Å². The molecule has 0 radical (unpaired) electrons. The van der Waals surface area contributed by atoms with Crippen molar-refractivity contribution in [1.82, 2.24) is 34.2 Å². The molecule has 1 saturated carbocycles. The summed E-state index contributed by atoms with van der Waals surface area (Å²) in [6.45, 7) is 5.05. The van der Waals surface area contributed by atoms with Gasteiger partial charge in [0.1, 0.15) is 11.3 Å². The van der Waals surface area contributed by atoms with Crippen LogP contribution >= 0.6 is 0 Å². The van der Waals surface area contributed by atoms with E-state index in [9.17, 15) is 18.0 Å². The highest BCUT2D eigenvalue weighted by atomic mass is 19.4. The quantitative estimate of drug-likeness (QED) is 0.367. The van der Waals surface area contributed by atoms with Crippen molar-refractivity contribution in [3.05, 3.63) is 65.2 Å². The fourth-order valence-corrected chi connectivity index (χ4v) is 5.91. The first kappa shape index (κ1) is 26.3. The monoisotopic (exact) mass is 553 g/mol. The summed E-state index contributed by atoms with van der Waals surface area (Å²) in [5.74, 6) is 0.192. The predicted octanol–water partition coefficient (Wildman–Crippen LogP) is 4.30. The minimum atomic E-state index is -4.71. The van der Waals surface area contributed by atoms with Crippen LogP contribution in [0.25, 0.3) is 16.9 Å². The highest BCUT2D eigenvalue weighted by Gasteiger charge is 2.52. The van der Waals surface area contributed by atoms with E-state index in [1.54, 1.807) is 33.8 Å². The lowest BCUT2D eigenvalue weighted by Gasteiger charge is -2.43. The number of benzene rings is 1. The number of carbonyl (C=O) groups excluding carboxylic acids is 1. The van der Waals surface area contributed by atoms with Crippen LogP contribution in [0.5, 0.6) is 5.75 Å². The van der Waals surface area contributed by atoms with Crippen molar-refractivity contribution in [2.45, 2.75) is 44.4 Å². The molecule has 0 bridgehead atoms. The van der Waals surface area contributed by atoms with Crippen LogP contribution in [0.4, 0.5) is 13.2 Å². The molecular weight excluding hydrogens is 523 g/mol. The van der Waals surface area contributed by atoms with Crippen molar-refractivity contribution in [3.63, 3.8) is 0 Å². The molecule has 0 N–H and O–H groups in total. The zero-order valence-electron chi connectivity index (χ0n) is 22.7. The fraction of sp³-hybridized carbons (Fsp3) is 0.429. The Hall–Kier alpha value is -3.93. The average molecular weight is 554 g/mol. The molecule has 12 heteroatoms. The average Bonchev–Trinajstić information content (AvgIpc) is 3.44. The third-order valence-corrected chi connectivity index (χ3v) is 8.15. The van der Waals surface area contributed by atoms with Gasteiger partial charge in [0.25, 0.3) is 5.91 Å². The van der Waals surface area contributed by atoms with Crippen LogP contribution in [0, 0.1) is 6.92 Å². The Bertz CT molecular complexity index is 1590. The molecule has 4 heterocycles. The van der Waals surface area contributed by atoms with E-state index in [1.165, 1.54) is 20.2 Å². The Balaban J connectivity index is 1.34. The third-order valence-electron chi connectivity index (χ3n) is 8.15. The summed E-state index contributed by atoms with van der Waals surface area (Å²) in [5.41, 5.74) is 0.461. The van der Waals surface area contributed by atoms with Gasteiger partial charge in [-0.3, -0.25) is 14.4 Å². The number of rotatable bonds is 5. The number of ether oxygens (including phenoxy) is 1. The maximum Gasteiger partial charge on any atom is 0.433 e. The van der Waals surface area contributed by atoms with Gasteiger partial charge in [-0.25, -0.2) is 9.50 Å². The van der Waals surface area contributed by atoms with E-state index in [0.717, 1.165) is 23.1 Å². The van der Waals surface area contributed by atoms with E-state index < -0.39 is 11.9 Å². The lowest BCUT2D eigenvalue weighted by molar-refractivity contribution is -0.143. The van der Waals surface area contributed by atoms with Crippen molar-refractivity contribution in [1.29, 1.82) is 0 Å². The van der Waals surface area contributed by atoms with Gasteiger partial charge in [0.15, 0.2) is 11.3 Å². The standard InChI is InChI=1S/C28H30F3N7O2/c1-17-16-36(27(10-11-27)22-9-12-35(3)34-22)13-14-37(17)26(39)21-15-32-38-24(28(29,30)31)18(2)23(33-25(21)38)19-5-7-20(40-4)8-6-19/h5-9,12,15,17H,10-11,13-14,16H2,1-4H3/t17-/m1/s1. The number of fused-ring (bicyclic) bond motifs is 1. The molecular formula is C28H30F3N7O2. The second kappa shape index (κ2) is 9.33. The second-order valence-electron chi connectivity index (χ2n) is 10.7. The number of carbonyl (C=O) groups is 1. The smallest absolute Gasteiger partial charge is 0.433 e. The van der Waals surface area contributed by atoms with Gasteiger partial charge in [-0.2, -0.15) is 23.4 Å². The topological polar surface area (TPSA) is 80.8 Å². The molecule has 1 atom stereocenters. The summed E-state index contributed by atoms with van der Waals surface area (Å²) < 4.78 is 50.6. The molecule has 1 aliphatic heterocycles. The van der Waals surface area contributed by atoms with Crippen LogP contribution < -0.4 is 4.74 Å². The molecule has 2 fully saturated rings. The van der Waals surface area contributed by atoms with E-state index in [-0.39, 0.29) is 40.0 Å². The van der Waals surface area contributed by atoms with E-state index in [4.69, 9.17) is 4.74 Å². The second-order valence-corrected chi connectivity index (χ2v) is 10.7. The van der Waals surface area contributed by atoms with Gasteiger partial charge in [-0.05, 0) is 57.0 Å². The molecule has 0 spiro atoms. The van der Waals surface area contributed by atoms with Crippen LogP contribution in [-0.2, 0) is 18.8 Å². The van der Waals surface area contributed by atoms with Gasteiger partial charge >= 0.3 is 6.18 Å². The molecule has 1 saturated heterocycles. The molecule has 210 valence electrons. The summed E-state index contributed by atoms with van der Waals surface area (Å²) in [7, 11) is 3.41. The van der Waals surface area contributed by atoms with Crippen LogP contribution in [0.1, 0.15) is 47.1 Å². The molecule has 40 heavy (non-hydrogen) atoms. The van der Waals surface area contributed by atoms with Gasteiger partial charge in [0.05, 0.1) is 30.2 Å². The lowest BCUT2D eigenvalue weighted by atomic mass is 10.0. The molecule has 9 nitrogen and oxygen atoms in total. The zero-order valence-corrected chi connectivity index (χ0v) is 22.7. The van der Waals surface area contributed by atoms with Crippen LogP contribution in [0.3, 0.4) is 0 Å². The van der Waals surface area contributed by atoms with Gasteiger partial charge in [0.2, 0.25) is 0 Å². The van der Waals surface area contributed by atoms with Crippen molar-refractivity contribution in [2.24, 2.45) is 7.05 Å². The highest BCUT2D eigenvalue weighted by molar-refractivity contribution is 6.00. The zero-order chi connectivity index (χ0) is 28.4. The van der Waals surface area contributed by atoms with Gasteiger partial charge < -0.3 is 9.64 Å². The van der Waals surface area contributed by atoms with E-state index in [1.807, 2.05) is 26.2 Å². The van der Waals surface area contributed by atoms with Crippen molar-refractivity contribution in [3.8, 4) is 17.0 Å². The summed E-state index contributed by atoms with van der Waals surface area (Å²) in [4.78, 5) is 22.5. The van der Waals surface area contributed by atoms with Crippen molar-refractivity contribution >= 4 is 11.6 Å². The van der Waals surface area contributed by atoms with Gasteiger partial charge in [-0.15, -0.1) is 0 Å². The first-order valence-electron chi connectivity index (χ1n) is 13.2. The number of nitrogens with zero attached hydrogens (tertiary/aromatic N) is 7. The van der Waals surface area contributed by atoms with Gasteiger partial charge in [-0.1, -0.05) is 0 Å². The molecule has 3 aromatic heterocycles. The maximum absolute atomic E-state index is 14.3. The SMILES string of the molecule is COc1ccc(-c2nc3c(C(=O)N4CCN(C5(c6ccn(C)n6)CC5)C[C@H]4C)cnn3c(C(F)(F)F)c2C)cc1. The number of methoxy groups -OCH3 is 1. The van der Waals surface area contributed by atoms with Crippen LogP contribution in [0.15, 0.2) is 42.7 Å². The number of piperazine rings is 1. The Kier molecular flexibility index (Phi) is 6.13. The Morgan fingerprint density at radius 2 is 1.85 bits per heavy atom. The number of halogens is 3. The third kappa shape index (κ3) is 4.21. The fourth-order valence-electron chi connectivity index (χ4n) is 5.91. The summed E-state index contributed by atoms with van der Waals surface area (Å²) in [6, 6.07) is 8.51. The first-order chi connectivity index (χ1) is 19.0. The minimum absolute atomic E-state index is 0.0476. The maximum atomic E-state index is 14.3. The number of aryl methyl sites for hydroxylation is 1. The van der Waals surface area contributed by atoms with Crippen LogP contribution in [-0.4, -0.2) is 72.9 Å².